The fourth-order valence-electron chi connectivity index (χ4n) is 3.05. The SMILES string of the molecule is CN(C)C(=O)COc1ccc(NC(=O)C2CCN(C(=O)c3ccco3)CC2)cc1. The lowest BCUT2D eigenvalue weighted by Gasteiger charge is -2.30. The molecular weight excluding hydrogens is 374 g/mol. The predicted molar refractivity (Wildman–Crippen MR) is 107 cm³/mol. The molecule has 1 aliphatic heterocycles. The first-order valence-electron chi connectivity index (χ1n) is 9.50. The lowest BCUT2D eigenvalue weighted by atomic mass is 9.95. The molecule has 0 radical (unpaired) electrons. The molecule has 1 N–H and O–H groups in total. The number of hydrogen-bond donors (Lipinski definition) is 1. The van der Waals surface area contributed by atoms with Gasteiger partial charge in [-0.05, 0) is 49.2 Å². The van der Waals surface area contributed by atoms with E-state index in [4.69, 9.17) is 9.15 Å². The maximum atomic E-state index is 12.5. The number of amides is 3. The Bertz CT molecular complexity index is 838. The number of carbonyl (C=O) groups is 3. The molecule has 154 valence electrons. The van der Waals surface area contributed by atoms with Crippen molar-refractivity contribution in [2.45, 2.75) is 12.8 Å². The smallest absolute Gasteiger partial charge is 0.289 e. The molecule has 0 atom stereocenters. The third kappa shape index (κ3) is 5.37. The third-order valence-corrected chi connectivity index (χ3v) is 4.87. The van der Waals surface area contributed by atoms with Gasteiger partial charge in [0.2, 0.25) is 5.91 Å². The first kappa shape index (κ1) is 20.4. The van der Waals surface area contributed by atoms with Gasteiger partial charge in [0, 0.05) is 38.8 Å². The van der Waals surface area contributed by atoms with Crippen molar-refractivity contribution in [3.05, 3.63) is 48.4 Å². The van der Waals surface area contributed by atoms with Crippen LogP contribution in [-0.2, 0) is 9.59 Å². The Kier molecular flexibility index (Phi) is 6.54. The molecule has 0 unspecified atom stereocenters. The average Bonchev–Trinajstić information content (AvgIpc) is 3.27. The number of likely N-dealkylation sites (tertiary alicyclic amines) is 1. The average molecular weight is 399 g/mol. The lowest BCUT2D eigenvalue weighted by Crippen LogP contribution is -2.41. The molecule has 8 nitrogen and oxygen atoms in total. The topological polar surface area (TPSA) is 92.1 Å². The first-order valence-corrected chi connectivity index (χ1v) is 9.50. The van der Waals surface area contributed by atoms with E-state index in [9.17, 15) is 14.4 Å². The molecule has 0 aliphatic carbocycles. The molecule has 8 heteroatoms. The summed E-state index contributed by atoms with van der Waals surface area (Å²) < 4.78 is 10.6. The maximum Gasteiger partial charge on any atom is 0.289 e. The summed E-state index contributed by atoms with van der Waals surface area (Å²) in [5.41, 5.74) is 0.662. The monoisotopic (exact) mass is 399 g/mol. The van der Waals surface area contributed by atoms with Crippen LogP contribution >= 0.6 is 0 Å². The largest absolute Gasteiger partial charge is 0.484 e. The molecule has 2 heterocycles. The minimum Gasteiger partial charge on any atom is -0.484 e. The van der Waals surface area contributed by atoms with Crippen molar-refractivity contribution in [1.82, 2.24) is 9.80 Å². The highest BCUT2D eigenvalue weighted by Crippen LogP contribution is 2.22. The van der Waals surface area contributed by atoms with Crippen molar-refractivity contribution in [3.63, 3.8) is 0 Å². The van der Waals surface area contributed by atoms with Gasteiger partial charge in [0.1, 0.15) is 5.75 Å². The highest BCUT2D eigenvalue weighted by Gasteiger charge is 2.28. The van der Waals surface area contributed by atoms with Gasteiger partial charge >= 0.3 is 0 Å². The molecule has 1 fully saturated rings. The molecule has 1 aromatic carbocycles. The number of piperidine rings is 1. The molecule has 29 heavy (non-hydrogen) atoms. The van der Waals surface area contributed by atoms with E-state index < -0.39 is 0 Å². The molecule has 1 aliphatic rings. The highest BCUT2D eigenvalue weighted by molar-refractivity contribution is 5.94. The summed E-state index contributed by atoms with van der Waals surface area (Å²) in [6.45, 7) is 1.00. The first-order chi connectivity index (χ1) is 13.9. The molecule has 0 saturated carbocycles. The van der Waals surface area contributed by atoms with Crippen LogP contribution in [0.2, 0.25) is 0 Å². The van der Waals surface area contributed by atoms with Gasteiger partial charge in [-0.15, -0.1) is 0 Å². The summed E-state index contributed by atoms with van der Waals surface area (Å²) in [5.74, 6) is 0.401. The molecule has 0 bridgehead atoms. The van der Waals surface area contributed by atoms with Gasteiger partial charge in [0.15, 0.2) is 12.4 Å². The fraction of sp³-hybridized carbons (Fsp3) is 0.381. The standard InChI is InChI=1S/C21H25N3O5/c1-23(2)19(25)14-29-17-7-5-16(6-8-17)22-20(26)15-9-11-24(12-10-15)21(27)18-4-3-13-28-18/h3-8,13,15H,9-12,14H2,1-2H3,(H,22,26). The van der Waals surface area contributed by atoms with Crippen molar-refractivity contribution >= 4 is 23.4 Å². The van der Waals surface area contributed by atoms with Crippen molar-refractivity contribution in [2.75, 3.05) is 39.1 Å². The number of benzene rings is 1. The number of nitrogens with one attached hydrogen (secondary N) is 1. The van der Waals surface area contributed by atoms with Gasteiger partial charge in [-0.25, -0.2) is 0 Å². The molecule has 1 aromatic heterocycles. The zero-order valence-corrected chi connectivity index (χ0v) is 16.6. The van der Waals surface area contributed by atoms with E-state index in [1.807, 2.05) is 0 Å². The van der Waals surface area contributed by atoms with E-state index in [0.29, 0.717) is 43.1 Å². The van der Waals surface area contributed by atoms with Crippen LogP contribution in [-0.4, -0.2) is 61.3 Å². The van der Waals surface area contributed by atoms with Crippen molar-refractivity contribution < 1.29 is 23.5 Å². The van der Waals surface area contributed by atoms with Crippen LogP contribution in [0.5, 0.6) is 5.75 Å². The highest BCUT2D eigenvalue weighted by atomic mass is 16.5. The predicted octanol–water partition coefficient (Wildman–Crippen LogP) is 2.24. The van der Waals surface area contributed by atoms with Gasteiger partial charge < -0.3 is 24.3 Å². The van der Waals surface area contributed by atoms with E-state index in [1.165, 1.54) is 11.2 Å². The summed E-state index contributed by atoms with van der Waals surface area (Å²) in [6, 6.07) is 10.2. The van der Waals surface area contributed by atoms with E-state index in [0.717, 1.165) is 0 Å². The van der Waals surface area contributed by atoms with Crippen molar-refractivity contribution in [3.8, 4) is 5.75 Å². The van der Waals surface area contributed by atoms with Crippen molar-refractivity contribution in [1.29, 1.82) is 0 Å². The van der Waals surface area contributed by atoms with E-state index in [-0.39, 0.29) is 30.2 Å². The molecular formula is C21H25N3O5. The second-order valence-corrected chi connectivity index (χ2v) is 7.13. The Hall–Kier alpha value is -3.29. The number of furan rings is 1. The number of hydrogen-bond acceptors (Lipinski definition) is 5. The summed E-state index contributed by atoms with van der Waals surface area (Å²) in [7, 11) is 3.34. The Labute approximate surface area is 169 Å². The summed E-state index contributed by atoms with van der Waals surface area (Å²) in [5, 5.41) is 2.90. The summed E-state index contributed by atoms with van der Waals surface area (Å²) in [4.78, 5) is 39.5. The number of likely N-dealkylation sites (N-methyl/N-ethyl adjacent to an activating group) is 1. The zero-order valence-electron chi connectivity index (χ0n) is 16.6. The molecule has 0 spiro atoms. The van der Waals surface area contributed by atoms with Crippen LogP contribution in [0.4, 0.5) is 5.69 Å². The fourth-order valence-corrected chi connectivity index (χ4v) is 3.05. The van der Waals surface area contributed by atoms with Crippen LogP contribution in [0, 0.1) is 5.92 Å². The third-order valence-electron chi connectivity index (χ3n) is 4.87. The Morgan fingerprint density at radius 2 is 1.83 bits per heavy atom. The number of ether oxygens (including phenoxy) is 1. The second-order valence-electron chi connectivity index (χ2n) is 7.13. The maximum absolute atomic E-state index is 12.5. The summed E-state index contributed by atoms with van der Waals surface area (Å²) in [6.07, 6.45) is 2.68. The van der Waals surface area contributed by atoms with Crippen LogP contribution < -0.4 is 10.1 Å². The minimum atomic E-state index is -0.149. The Morgan fingerprint density at radius 3 is 2.41 bits per heavy atom. The van der Waals surface area contributed by atoms with Gasteiger partial charge in [-0.1, -0.05) is 0 Å². The second kappa shape index (κ2) is 9.27. The van der Waals surface area contributed by atoms with Crippen LogP contribution in [0.25, 0.3) is 0 Å². The number of anilines is 1. The van der Waals surface area contributed by atoms with Gasteiger partial charge in [0.25, 0.3) is 11.8 Å². The van der Waals surface area contributed by atoms with Crippen LogP contribution in [0.3, 0.4) is 0 Å². The Morgan fingerprint density at radius 1 is 1.14 bits per heavy atom. The summed E-state index contributed by atoms with van der Waals surface area (Å²) >= 11 is 0. The normalized spacial score (nSPS) is 14.3. The number of nitrogens with zero attached hydrogens (tertiary/aromatic N) is 2. The number of rotatable bonds is 6. The van der Waals surface area contributed by atoms with Gasteiger partial charge in [0.05, 0.1) is 6.26 Å². The van der Waals surface area contributed by atoms with Crippen LogP contribution in [0.15, 0.2) is 47.1 Å². The zero-order chi connectivity index (χ0) is 20.8. The quantitative estimate of drug-likeness (QED) is 0.804. The van der Waals surface area contributed by atoms with Crippen LogP contribution in [0.1, 0.15) is 23.4 Å². The number of carbonyl (C=O) groups excluding carboxylic acids is 3. The van der Waals surface area contributed by atoms with E-state index in [1.54, 1.807) is 55.4 Å². The minimum absolute atomic E-state index is 0.0337. The van der Waals surface area contributed by atoms with E-state index >= 15 is 0 Å². The molecule has 1 saturated heterocycles. The van der Waals surface area contributed by atoms with E-state index in [2.05, 4.69) is 5.32 Å². The van der Waals surface area contributed by atoms with Gasteiger partial charge in [-0.2, -0.15) is 0 Å². The Balaban J connectivity index is 1.46. The molecule has 3 amide bonds. The molecule has 3 rings (SSSR count). The van der Waals surface area contributed by atoms with Gasteiger partial charge in [-0.3, -0.25) is 14.4 Å². The lowest BCUT2D eigenvalue weighted by molar-refractivity contribution is -0.130. The molecule has 2 aromatic rings. The van der Waals surface area contributed by atoms with Crippen molar-refractivity contribution in [2.24, 2.45) is 5.92 Å².